The number of aliphatic carboxylic acids is 1. The highest BCUT2D eigenvalue weighted by atomic mass is 32.2. The first kappa shape index (κ1) is 26.5. The molecule has 1 atom stereocenters. The predicted octanol–water partition coefficient (Wildman–Crippen LogP) is 5.54. The van der Waals surface area contributed by atoms with Gasteiger partial charge >= 0.3 is 5.97 Å². The lowest BCUT2D eigenvalue weighted by atomic mass is 9.81. The van der Waals surface area contributed by atoms with Crippen LogP contribution in [0.15, 0.2) is 59.4 Å². The second-order valence-corrected chi connectivity index (χ2v) is 11.2. The Balaban J connectivity index is 2.27. The molecule has 1 unspecified atom stereocenters. The van der Waals surface area contributed by atoms with Gasteiger partial charge in [-0.3, -0.25) is 0 Å². The van der Waals surface area contributed by atoms with Crippen LogP contribution in [0.25, 0.3) is 0 Å². The summed E-state index contributed by atoms with van der Waals surface area (Å²) < 4.78 is 46.6. The summed E-state index contributed by atoms with van der Waals surface area (Å²) in [6, 6.07) is 12.7. The minimum absolute atomic E-state index is 0.0209. The molecule has 0 amide bonds. The Kier molecular flexibility index (Phi) is 8.10. The Morgan fingerprint density at radius 1 is 1.23 bits per heavy atom. The van der Waals surface area contributed by atoms with Gasteiger partial charge in [0.1, 0.15) is 6.26 Å². The fourth-order valence-electron chi connectivity index (χ4n) is 4.49. The zero-order chi connectivity index (χ0) is 25.8. The number of unbranched alkanes of at least 4 members (excludes halogenated alkanes) is 1. The number of ether oxygens (including phenoxy) is 1. The summed E-state index contributed by atoms with van der Waals surface area (Å²) in [5, 5.41) is 8.83. The van der Waals surface area contributed by atoms with Crippen molar-refractivity contribution < 1.29 is 27.4 Å². The minimum atomic E-state index is -3.76. The number of nitrogens with zero attached hydrogens (tertiary/aromatic N) is 2. The maximum atomic E-state index is 13.8. The molecular weight excluding hydrogens is 471 g/mol. The Bertz CT molecular complexity index is 1200. The fourth-order valence-corrected chi connectivity index (χ4v) is 6.66. The average Bonchev–Trinajstić information content (AvgIpc) is 2.93. The molecule has 0 aromatic heterocycles. The van der Waals surface area contributed by atoms with Crippen molar-refractivity contribution in [2.75, 3.05) is 36.2 Å². The van der Waals surface area contributed by atoms with Crippen molar-refractivity contribution in [3.63, 3.8) is 0 Å². The van der Waals surface area contributed by atoms with Gasteiger partial charge in [-0.2, -0.15) is 4.39 Å². The molecule has 1 aliphatic rings. The smallest absolute Gasteiger partial charge is 0.368 e. The topological polar surface area (TPSA) is 87.2 Å². The number of benzene rings is 2. The number of anilines is 3. The molecule has 9 heteroatoms. The van der Waals surface area contributed by atoms with Crippen molar-refractivity contribution in [3.8, 4) is 5.75 Å². The van der Waals surface area contributed by atoms with Crippen LogP contribution >= 0.6 is 0 Å². The summed E-state index contributed by atoms with van der Waals surface area (Å²) in [5.74, 6) is -3.22. The van der Waals surface area contributed by atoms with E-state index in [9.17, 15) is 17.6 Å². The van der Waals surface area contributed by atoms with Gasteiger partial charge in [0.25, 0.3) is 0 Å². The number of sulfone groups is 1. The van der Waals surface area contributed by atoms with E-state index in [-0.39, 0.29) is 16.4 Å². The van der Waals surface area contributed by atoms with Crippen LogP contribution in [0.2, 0.25) is 0 Å². The third kappa shape index (κ3) is 5.78. The molecule has 2 aromatic rings. The van der Waals surface area contributed by atoms with Gasteiger partial charge in [-0.05, 0) is 31.0 Å². The molecule has 3 rings (SSSR count). The van der Waals surface area contributed by atoms with E-state index in [0.717, 1.165) is 24.9 Å². The van der Waals surface area contributed by atoms with Crippen LogP contribution in [0.3, 0.4) is 0 Å². The Labute approximate surface area is 206 Å². The lowest BCUT2D eigenvalue weighted by molar-refractivity contribution is -0.134. The first-order valence-electron chi connectivity index (χ1n) is 11.7. The number of fused-ring (bicyclic) bond motifs is 1. The number of hydrogen-bond acceptors (Lipinski definition) is 6. The number of carbonyl (C=O) groups is 1. The van der Waals surface area contributed by atoms with Crippen LogP contribution in [0.4, 0.5) is 21.5 Å². The molecule has 0 aliphatic carbocycles. The standard InChI is InChI=1S/C26H33FN2O5S/c1-5-7-13-26(6-2)17-29(19-11-9-8-10-12-19)22-14-21(28(3)4)23(34-16-20(27)25(30)31)15-24(22)35(32,33)18-26/h8-12,14-16H,5-7,13,17-18H2,1-4H3,(H,30,31)/b20-16-. The van der Waals surface area contributed by atoms with Crippen molar-refractivity contribution in [1.29, 1.82) is 0 Å². The fraction of sp³-hybridized carbons (Fsp3) is 0.423. The Hall–Kier alpha value is -3.07. The second kappa shape index (κ2) is 10.7. The Morgan fingerprint density at radius 3 is 2.49 bits per heavy atom. The van der Waals surface area contributed by atoms with E-state index in [4.69, 9.17) is 9.84 Å². The van der Waals surface area contributed by atoms with Gasteiger partial charge in [0.15, 0.2) is 15.6 Å². The summed E-state index contributed by atoms with van der Waals surface area (Å²) in [5.41, 5.74) is 1.42. The molecule has 0 radical (unpaired) electrons. The van der Waals surface area contributed by atoms with Crippen molar-refractivity contribution in [2.24, 2.45) is 5.41 Å². The molecule has 190 valence electrons. The van der Waals surface area contributed by atoms with Crippen molar-refractivity contribution >= 4 is 32.9 Å². The zero-order valence-electron chi connectivity index (χ0n) is 20.6. The van der Waals surface area contributed by atoms with Gasteiger partial charge in [0.05, 0.1) is 22.0 Å². The molecule has 35 heavy (non-hydrogen) atoms. The summed E-state index contributed by atoms with van der Waals surface area (Å²) in [6.07, 6.45) is 3.82. The number of para-hydroxylation sites is 1. The van der Waals surface area contributed by atoms with Crippen LogP contribution in [-0.2, 0) is 14.6 Å². The molecule has 0 saturated carbocycles. The summed E-state index contributed by atoms with van der Waals surface area (Å²) in [6.45, 7) is 4.65. The van der Waals surface area contributed by atoms with E-state index in [0.29, 0.717) is 30.6 Å². The number of halogens is 1. The second-order valence-electron chi connectivity index (χ2n) is 9.21. The van der Waals surface area contributed by atoms with Gasteiger partial charge in [-0.1, -0.05) is 44.9 Å². The number of hydrogen-bond donors (Lipinski definition) is 1. The van der Waals surface area contributed by atoms with Gasteiger partial charge < -0.3 is 19.6 Å². The van der Waals surface area contributed by atoms with Crippen molar-refractivity contribution in [2.45, 2.75) is 44.4 Å². The first-order valence-corrected chi connectivity index (χ1v) is 13.3. The molecule has 0 spiro atoms. The SMILES string of the molecule is CCCCC1(CC)CN(c2ccccc2)c2cc(N(C)C)c(O/C=C(\F)C(=O)O)cc2S(=O)(=O)C1. The van der Waals surface area contributed by atoms with Gasteiger partial charge in [-0.15, -0.1) is 0 Å². The summed E-state index contributed by atoms with van der Waals surface area (Å²) in [7, 11) is -0.257. The molecule has 0 bridgehead atoms. The number of carboxylic acids is 1. The van der Waals surface area contributed by atoms with E-state index in [1.54, 1.807) is 25.1 Å². The average molecular weight is 505 g/mol. The summed E-state index contributed by atoms with van der Waals surface area (Å²) in [4.78, 5) is 14.7. The number of rotatable bonds is 9. The van der Waals surface area contributed by atoms with E-state index < -0.39 is 27.0 Å². The summed E-state index contributed by atoms with van der Waals surface area (Å²) >= 11 is 0. The van der Waals surface area contributed by atoms with Gasteiger partial charge in [-0.25, -0.2) is 13.2 Å². The van der Waals surface area contributed by atoms with Crippen LogP contribution in [0.1, 0.15) is 39.5 Å². The molecular formula is C26H33FN2O5S. The molecule has 1 aliphatic heterocycles. The Morgan fingerprint density at radius 2 is 1.91 bits per heavy atom. The third-order valence-electron chi connectivity index (χ3n) is 6.51. The lowest BCUT2D eigenvalue weighted by Crippen LogP contribution is -2.37. The number of carboxylic acid groups (broad SMARTS) is 1. The van der Waals surface area contributed by atoms with Crippen LogP contribution < -0.4 is 14.5 Å². The zero-order valence-corrected chi connectivity index (χ0v) is 21.4. The van der Waals surface area contributed by atoms with Crippen LogP contribution in [0, 0.1) is 5.41 Å². The van der Waals surface area contributed by atoms with Crippen molar-refractivity contribution in [1.82, 2.24) is 0 Å². The molecule has 1 heterocycles. The van der Waals surface area contributed by atoms with Gasteiger partial charge in [0, 0.05) is 37.8 Å². The van der Waals surface area contributed by atoms with E-state index in [2.05, 4.69) is 6.92 Å². The molecule has 0 fully saturated rings. The minimum Gasteiger partial charge on any atom is -0.476 e. The predicted molar refractivity (Wildman–Crippen MR) is 136 cm³/mol. The molecule has 2 aromatic carbocycles. The highest BCUT2D eigenvalue weighted by Crippen LogP contribution is 2.47. The lowest BCUT2D eigenvalue weighted by Gasteiger charge is -2.36. The highest BCUT2D eigenvalue weighted by Gasteiger charge is 2.42. The highest BCUT2D eigenvalue weighted by molar-refractivity contribution is 7.91. The quantitative estimate of drug-likeness (QED) is 0.354. The first-order chi connectivity index (χ1) is 16.5. The van der Waals surface area contributed by atoms with E-state index >= 15 is 0 Å². The molecule has 0 saturated heterocycles. The van der Waals surface area contributed by atoms with Crippen LogP contribution in [-0.4, -0.2) is 45.9 Å². The van der Waals surface area contributed by atoms with Gasteiger partial charge in [0.2, 0.25) is 5.83 Å². The molecule has 1 N–H and O–H groups in total. The normalized spacial score (nSPS) is 19.6. The maximum absolute atomic E-state index is 13.8. The van der Waals surface area contributed by atoms with Crippen LogP contribution in [0.5, 0.6) is 5.75 Å². The van der Waals surface area contributed by atoms with Crippen molar-refractivity contribution in [3.05, 3.63) is 54.6 Å². The molecule has 7 nitrogen and oxygen atoms in total. The maximum Gasteiger partial charge on any atom is 0.368 e. The third-order valence-corrected chi connectivity index (χ3v) is 8.50. The van der Waals surface area contributed by atoms with E-state index in [1.807, 2.05) is 42.2 Å². The monoisotopic (exact) mass is 504 g/mol. The largest absolute Gasteiger partial charge is 0.476 e. The van der Waals surface area contributed by atoms with E-state index in [1.165, 1.54) is 6.07 Å².